The van der Waals surface area contributed by atoms with Crippen molar-refractivity contribution in [2.75, 3.05) is 19.8 Å². The van der Waals surface area contributed by atoms with Crippen molar-refractivity contribution in [3.8, 4) is 0 Å². The molecule has 2 aliphatic rings. The van der Waals surface area contributed by atoms with Crippen LogP contribution in [0.2, 0.25) is 0 Å². The second-order valence-electron chi connectivity index (χ2n) is 5.47. The van der Waals surface area contributed by atoms with Crippen LogP contribution in [0.4, 0.5) is 0 Å². The quantitative estimate of drug-likeness (QED) is 0.378. The molecule has 0 radical (unpaired) electrons. The lowest BCUT2D eigenvalue weighted by atomic mass is 9.88. The maximum atomic E-state index is 12.0. The first-order valence-electron chi connectivity index (χ1n) is 7.21. The minimum Gasteiger partial charge on any atom is -0.463 e. The van der Waals surface area contributed by atoms with Crippen LogP contribution in [0.15, 0.2) is 12.2 Å². The van der Waals surface area contributed by atoms with E-state index in [1.807, 2.05) is 0 Å². The Morgan fingerprint density at radius 1 is 1.33 bits per heavy atom. The van der Waals surface area contributed by atoms with Crippen molar-refractivity contribution in [3.05, 3.63) is 12.2 Å². The summed E-state index contributed by atoms with van der Waals surface area (Å²) in [5.41, 5.74) is -0.285. The molecule has 2 atom stereocenters. The number of carbonyl (C=O) groups excluding carboxylic acids is 1. The Morgan fingerprint density at radius 2 is 2.22 bits per heavy atom. The van der Waals surface area contributed by atoms with Crippen molar-refractivity contribution < 1.29 is 14.3 Å². The molecule has 1 saturated carbocycles. The van der Waals surface area contributed by atoms with Gasteiger partial charge >= 0.3 is 5.97 Å². The van der Waals surface area contributed by atoms with Gasteiger partial charge in [-0.3, -0.25) is 4.79 Å². The zero-order chi connectivity index (χ0) is 12.8. The van der Waals surface area contributed by atoms with Crippen LogP contribution in [0.25, 0.3) is 0 Å². The fourth-order valence-corrected chi connectivity index (χ4v) is 2.90. The average Bonchev–Trinajstić information content (AvgIpc) is 2.99. The molecule has 1 fully saturated rings. The fraction of sp³-hybridized carbons (Fsp3) is 0.800. The number of fused-ring (bicyclic) bond motifs is 2. The standard InChI is InChI=1S/C15H24O3/c1-2-3-4-9-17-10-11-18-14(16)15-7-5-13(12-15)6-8-15/h5,7,13H,2-4,6,8-12H2,1H3. The van der Waals surface area contributed by atoms with Crippen LogP contribution < -0.4 is 0 Å². The molecule has 2 unspecified atom stereocenters. The summed E-state index contributed by atoms with van der Waals surface area (Å²) in [4.78, 5) is 12.0. The first-order chi connectivity index (χ1) is 8.77. The molecule has 3 heteroatoms. The van der Waals surface area contributed by atoms with Crippen molar-refractivity contribution in [3.63, 3.8) is 0 Å². The summed E-state index contributed by atoms with van der Waals surface area (Å²) in [7, 11) is 0. The third kappa shape index (κ3) is 3.14. The van der Waals surface area contributed by atoms with E-state index in [0.717, 1.165) is 32.3 Å². The molecule has 18 heavy (non-hydrogen) atoms. The van der Waals surface area contributed by atoms with E-state index >= 15 is 0 Å². The lowest BCUT2D eigenvalue weighted by Gasteiger charge is -2.21. The largest absolute Gasteiger partial charge is 0.463 e. The molecule has 2 bridgehead atoms. The summed E-state index contributed by atoms with van der Waals surface area (Å²) in [6, 6.07) is 0. The van der Waals surface area contributed by atoms with Gasteiger partial charge in [-0.15, -0.1) is 0 Å². The molecule has 0 aliphatic heterocycles. The molecular weight excluding hydrogens is 228 g/mol. The third-order valence-corrected chi connectivity index (χ3v) is 4.03. The molecule has 0 aromatic heterocycles. The van der Waals surface area contributed by atoms with Crippen LogP contribution in [-0.4, -0.2) is 25.8 Å². The van der Waals surface area contributed by atoms with Gasteiger partial charge in [-0.25, -0.2) is 0 Å². The highest BCUT2D eigenvalue weighted by Gasteiger charge is 2.47. The van der Waals surface area contributed by atoms with Crippen LogP contribution in [0, 0.1) is 11.3 Å². The van der Waals surface area contributed by atoms with Crippen LogP contribution in [0.1, 0.15) is 45.4 Å². The highest BCUT2D eigenvalue weighted by Crippen LogP contribution is 2.49. The van der Waals surface area contributed by atoms with Gasteiger partial charge in [0.25, 0.3) is 0 Å². The highest BCUT2D eigenvalue weighted by molar-refractivity contribution is 5.80. The Morgan fingerprint density at radius 3 is 2.83 bits per heavy atom. The molecule has 3 nitrogen and oxygen atoms in total. The summed E-state index contributed by atoms with van der Waals surface area (Å²) >= 11 is 0. The average molecular weight is 252 g/mol. The summed E-state index contributed by atoms with van der Waals surface area (Å²) in [5, 5.41) is 0. The summed E-state index contributed by atoms with van der Waals surface area (Å²) in [6.45, 7) is 3.87. The number of esters is 1. The number of ether oxygens (including phenoxy) is 2. The lowest BCUT2D eigenvalue weighted by Crippen LogP contribution is -2.28. The van der Waals surface area contributed by atoms with E-state index < -0.39 is 0 Å². The van der Waals surface area contributed by atoms with Gasteiger partial charge in [-0.05, 0) is 31.6 Å². The minimum atomic E-state index is -0.285. The Kier molecular flexibility index (Phi) is 4.81. The molecule has 0 heterocycles. The van der Waals surface area contributed by atoms with E-state index in [-0.39, 0.29) is 11.4 Å². The molecule has 0 saturated heterocycles. The lowest BCUT2D eigenvalue weighted by molar-refractivity contribution is -0.154. The predicted octanol–water partition coefficient (Wildman–Crippen LogP) is 3.09. The molecule has 2 aliphatic carbocycles. The number of rotatable bonds is 8. The molecule has 0 amide bonds. The number of allylic oxidation sites excluding steroid dienone is 1. The summed E-state index contributed by atoms with van der Waals surface area (Å²) in [5.74, 6) is 0.568. The van der Waals surface area contributed by atoms with Gasteiger partial charge in [0.05, 0.1) is 12.0 Å². The van der Waals surface area contributed by atoms with Gasteiger partial charge < -0.3 is 9.47 Å². The first-order valence-corrected chi connectivity index (χ1v) is 7.21. The first kappa shape index (κ1) is 13.6. The van der Waals surface area contributed by atoms with Crippen LogP contribution in [0.5, 0.6) is 0 Å². The van der Waals surface area contributed by atoms with Crippen molar-refractivity contribution in [2.24, 2.45) is 11.3 Å². The summed E-state index contributed by atoms with van der Waals surface area (Å²) in [6.07, 6.45) is 10.8. The SMILES string of the molecule is CCCCCOCCOC(=O)C12C=CC(CC1)C2. The van der Waals surface area contributed by atoms with Crippen LogP contribution in [-0.2, 0) is 14.3 Å². The molecule has 102 valence electrons. The summed E-state index contributed by atoms with van der Waals surface area (Å²) < 4.78 is 10.8. The number of hydrogen-bond donors (Lipinski definition) is 0. The van der Waals surface area contributed by atoms with E-state index in [2.05, 4.69) is 19.1 Å². The monoisotopic (exact) mass is 252 g/mol. The smallest absolute Gasteiger partial charge is 0.316 e. The van der Waals surface area contributed by atoms with Crippen LogP contribution >= 0.6 is 0 Å². The Balaban J connectivity index is 1.57. The van der Waals surface area contributed by atoms with Gasteiger partial charge in [-0.2, -0.15) is 0 Å². The molecule has 0 aromatic rings. The molecule has 0 spiro atoms. The normalized spacial score (nSPS) is 28.8. The van der Waals surface area contributed by atoms with Gasteiger partial charge in [0, 0.05) is 6.61 Å². The molecule has 0 aromatic carbocycles. The van der Waals surface area contributed by atoms with E-state index in [0.29, 0.717) is 19.1 Å². The van der Waals surface area contributed by atoms with Gasteiger partial charge in [0.15, 0.2) is 0 Å². The predicted molar refractivity (Wildman–Crippen MR) is 70.2 cm³/mol. The van der Waals surface area contributed by atoms with Gasteiger partial charge in [0.1, 0.15) is 6.61 Å². The number of hydrogen-bond acceptors (Lipinski definition) is 3. The second-order valence-corrected chi connectivity index (χ2v) is 5.47. The van der Waals surface area contributed by atoms with E-state index in [9.17, 15) is 4.79 Å². The third-order valence-electron chi connectivity index (χ3n) is 4.03. The van der Waals surface area contributed by atoms with Crippen molar-refractivity contribution >= 4 is 5.97 Å². The maximum absolute atomic E-state index is 12.0. The molecule has 2 rings (SSSR count). The number of carbonyl (C=O) groups is 1. The molecule has 0 N–H and O–H groups in total. The van der Waals surface area contributed by atoms with E-state index in [1.165, 1.54) is 12.8 Å². The van der Waals surface area contributed by atoms with Gasteiger partial charge in [-0.1, -0.05) is 31.9 Å². The Labute approximate surface area is 110 Å². The van der Waals surface area contributed by atoms with Crippen molar-refractivity contribution in [1.29, 1.82) is 0 Å². The number of unbranched alkanes of at least 4 members (excludes halogenated alkanes) is 2. The van der Waals surface area contributed by atoms with Crippen molar-refractivity contribution in [2.45, 2.75) is 45.4 Å². The Bertz CT molecular complexity index is 311. The minimum absolute atomic E-state index is 0.0455. The topological polar surface area (TPSA) is 35.5 Å². The second kappa shape index (κ2) is 6.37. The maximum Gasteiger partial charge on any atom is 0.316 e. The van der Waals surface area contributed by atoms with E-state index in [1.54, 1.807) is 0 Å². The zero-order valence-corrected chi connectivity index (χ0v) is 11.3. The van der Waals surface area contributed by atoms with Crippen molar-refractivity contribution in [1.82, 2.24) is 0 Å². The van der Waals surface area contributed by atoms with E-state index in [4.69, 9.17) is 9.47 Å². The van der Waals surface area contributed by atoms with Crippen LogP contribution in [0.3, 0.4) is 0 Å². The van der Waals surface area contributed by atoms with Gasteiger partial charge in [0.2, 0.25) is 0 Å². The molecular formula is C15H24O3. The zero-order valence-electron chi connectivity index (χ0n) is 11.3. The Hall–Kier alpha value is -0.830. The highest BCUT2D eigenvalue weighted by atomic mass is 16.6. The fourth-order valence-electron chi connectivity index (χ4n) is 2.90.